The van der Waals surface area contributed by atoms with Gasteiger partial charge < -0.3 is 15.0 Å². The van der Waals surface area contributed by atoms with Crippen LogP contribution in [0.5, 0.6) is 0 Å². The number of amides is 1. The second-order valence-corrected chi connectivity index (χ2v) is 8.90. The summed E-state index contributed by atoms with van der Waals surface area (Å²) in [4.78, 5) is 14.6. The fourth-order valence-electron chi connectivity index (χ4n) is 3.35. The molecule has 0 bridgehead atoms. The number of benzene rings is 3. The van der Waals surface area contributed by atoms with Gasteiger partial charge in [-0.3, -0.25) is 9.52 Å². The highest BCUT2D eigenvalue weighted by Gasteiger charge is 2.17. The number of halogens is 1. The summed E-state index contributed by atoms with van der Waals surface area (Å²) in [6.45, 7) is 2.33. The lowest BCUT2D eigenvalue weighted by atomic mass is 10.2. The van der Waals surface area contributed by atoms with E-state index in [-0.39, 0.29) is 4.90 Å². The molecule has 1 aliphatic heterocycles. The number of nitrogens with zero attached hydrogens (tertiary/aromatic N) is 1. The summed E-state index contributed by atoms with van der Waals surface area (Å²) < 4.78 is 47.1. The molecule has 2 N–H and O–H groups in total. The van der Waals surface area contributed by atoms with Crippen molar-refractivity contribution in [3.63, 3.8) is 0 Å². The molecule has 1 heterocycles. The molecule has 1 saturated heterocycles. The van der Waals surface area contributed by atoms with Crippen LogP contribution in [0.4, 0.5) is 21.5 Å². The van der Waals surface area contributed by atoms with Crippen molar-refractivity contribution in [2.75, 3.05) is 41.2 Å². The highest BCUT2D eigenvalue weighted by molar-refractivity contribution is 7.92. The highest BCUT2D eigenvalue weighted by atomic mass is 32.2. The lowest BCUT2D eigenvalue weighted by Gasteiger charge is -2.29. The van der Waals surface area contributed by atoms with E-state index < -0.39 is 21.7 Å². The maximum Gasteiger partial charge on any atom is 0.261 e. The fourth-order valence-corrected chi connectivity index (χ4v) is 4.43. The lowest BCUT2D eigenvalue weighted by Crippen LogP contribution is -2.36. The van der Waals surface area contributed by atoms with Crippen LogP contribution in [-0.4, -0.2) is 40.6 Å². The van der Waals surface area contributed by atoms with Crippen LogP contribution in [0.2, 0.25) is 0 Å². The van der Waals surface area contributed by atoms with Crippen LogP contribution in [0.25, 0.3) is 0 Å². The first kappa shape index (κ1) is 21.8. The van der Waals surface area contributed by atoms with E-state index in [9.17, 15) is 17.6 Å². The third kappa shape index (κ3) is 5.06. The number of carbonyl (C=O) groups excluding carboxylic acids is 1. The summed E-state index contributed by atoms with van der Waals surface area (Å²) in [5.74, 6) is -0.851. The van der Waals surface area contributed by atoms with E-state index in [1.165, 1.54) is 42.5 Å². The Morgan fingerprint density at radius 2 is 1.56 bits per heavy atom. The summed E-state index contributed by atoms with van der Waals surface area (Å²) in [5, 5.41) is 2.66. The van der Waals surface area contributed by atoms with Crippen LogP contribution in [0.15, 0.2) is 77.7 Å². The Morgan fingerprint density at radius 1 is 0.906 bits per heavy atom. The number of sulfonamides is 1. The molecule has 0 unspecified atom stereocenters. The smallest absolute Gasteiger partial charge is 0.261 e. The van der Waals surface area contributed by atoms with Gasteiger partial charge in [0.1, 0.15) is 5.82 Å². The van der Waals surface area contributed by atoms with Crippen molar-refractivity contribution in [1.29, 1.82) is 0 Å². The number of hydrogen-bond donors (Lipinski definition) is 2. The van der Waals surface area contributed by atoms with Crippen molar-refractivity contribution in [3.05, 3.63) is 84.2 Å². The average Bonchev–Trinajstić information content (AvgIpc) is 2.80. The van der Waals surface area contributed by atoms with Crippen LogP contribution in [0, 0.1) is 5.82 Å². The number of ether oxygens (including phenoxy) is 1. The molecule has 1 amide bonds. The number of nitrogens with one attached hydrogen (secondary N) is 2. The van der Waals surface area contributed by atoms with Crippen molar-refractivity contribution in [1.82, 2.24) is 0 Å². The van der Waals surface area contributed by atoms with Gasteiger partial charge in [0.15, 0.2) is 0 Å². The van der Waals surface area contributed by atoms with Gasteiger partial charge in [0, 0.05) is 30.0 Å². The maximum atomic E-state index is 14.5. The Bertz CT molecular complexity index is 1200. The molecule has 0 atom stereocenters. The molecule has 4 rings (SSSR count). The minimum Gasteiger partial charge on any atom is -0.378 e. The number of anilines is 3. The molecule has 7 nitrogen and oxygen atoms in total. The van der Waals surface area contributed by atoms with Crippen LogP contribution >= 0.6 is 0 Å². The molecule has 9 heteroatoms. The summed E-state index contributed by atoms with van der Waals surface area (Å²) in [7, 11) is -3.72. The SMILES string of the molecule is O=C(Nc1ccc(N2CCOCC2)c(F)c1)c1ccc(NS(=O)(=O)c2ccccc2)cc1. The molecular weight excluding hydrogens is 433 g/mol. The summed E-state index contributed by atoms with van der Waals surface area (Å²) >= 11 is 0. The topological polar surface area (TPSA) is 87.7 Å². The molecule has 0 spiro atoms. The Balaban J connectivity index is 1.41. The van der Waals surface area contributed by atoms with E-state index in [0.717, 1.165) is 0 Å². The second kappa shape index (κ2) is 9.37. The van der Waals surface area contributed by atoms with Gasteiger partial charge in [-0.05, 0) is 54.6 Å². The van der Waals surface area contributed by atoms with Crippen LogP contribution in [0.1, 0.15) is 10.4 Å². The van der Waals surface area contributed by atoms with Crippen molar-refractivity contribution < 1.29 is 22.3 Å². The van der Waals surface area contributed by atoms with Crippen molar-refractivity contribution >= 4 is 33.0 Å². The van der Waals surface area contributed by atoms with E-state index in [2.05, 4.69) is 10.0 Å². The number of carbonyl (C=O) groups is 1. The van der Waals surface area contributed by atoms with Crippen molar-refractivity contribution in [2.45, 2.75) is 4.90 Å². The van der Waals surface area contributed by atoms with E-state index in [1.54, 1.807) is 30.3 Å². The molecule has 1 aliphatic rings. The Hall–Kier alpha value is -3.43. The van der Waals surface area contributed by atoms with Gasteiger partial charge in [0.05, 0.1) is 23.8 Å². The number of hydrogen-bond acceptors (Lipinski definition) is 5. The number of morpholine rings is 1. The first-order valence-electron chi connectivity index (χ1n) is 10.0. The Kier molecular flexibility index (Phi) is 6.38. The van der Waals surface area contributed by atoms with Crippen molar-refractivity contribution in [2.24, 2.45) is 0 Å². The van der Waals surface area contributed by atoms with Gasteiger partial charge in [0.25, 0.3) is 15.9 Å². The zero-order valence-corrected chi connectivity index (χ0v) is 17.9. The number of rotatable bonds is 6. The monoisotopic (exact) mass is 455 g/mol. The quantitative estimate of drug-likeness (QED) is 0.592. The molecule has 32 heavy (non-hydrogen) atoms. The molecule has 0 radical (unpaired) electrons. The molecule has 0 aromatic heterocycles. The minimum absolute atomic E-state index is 0.143. The highest BCUT2D eigenvalue weighted by Crippen LogP contribution is 2.24. The van der Waals surface area contributed by atoms with Crippen molar-refractivity contribution in [3.8, 4) is 0 Å². The molecule has 1 fully saturated rings. The summed E-state index contributed by atoms with van der Waals surface area (Å²) in [5.41, 5.74) is 1.44. The van der Waals surface area contributed by atoms with Gasteiger partial charge in [0.2, 0.25) is 0 Å². The van der Waals surface area contributed by atoms with E-state index in [4.69, 9.17) is 4.74 Å². The zero-order chi connectivity index (χ0) is 22.6. The maximum absolute atomic E-state index is 14.5. The van der Waals surface area contributed by atoms with E-state index in [0.29, 0.717) is 48.9 Å². The largest absolute Gasteiger partial charge is 0.378 e. The second-order valence-electron chi connectivity index (χ2n) is 7.22. The minimum atomic E-state index is -3.72. The standard InChI is InChI=1S/C23H22FN3O4S/c24-21-16-19(10-11-22(21)27-12-14-31-15-13-27)25-23(28)17-6-8-18(9-7-17)26-32(29,30)20-4-2-1-3-5-20/h1-11,16,26H,12-15H2,(H,25,28). The summed E-state index contributed by atoms with van der Waals surface area (Å²) in [6.07, 6.45) is 0. The van der Waals surface area contributed by atoms with Gasteiger partial charge in [-0.15, -0.1) is 0 Å². The average molecular weight is 456 g/mol. The van der Waals surface area contributed by atoms with Crippen LogP contribution < -0.4 is 14.9 Å². The molecule has 166 valence electrons. The third-order valence-electron chi connectivity index (χ3n) is 5.01. The van der Waals surface area contributed by atoms with E-state index in [1.807, 2.05) is 4.90 Å². The molecule has 3 aromatic carbocycles. The van der Waals surface area contributed by atoms with Gasteiger partial charge >= 0.3 is 0 Å². The molecule has 0 saturated carbocycles. The first-order valence-corrected chi connectivity index (χ1v) is 11.5. The van der Waals surface area contributed by atoms with Crippen LogP contribution in [0.3, 0.4) is 0 Å². The Morgan fingerprint density at radius 3 is 2.22 bits per heavy atom. The normalized spacial score (nSPS) is 14.1. The summed E-state index contributed by atoms with van der Waals surface area (Å²) in [6, 6.07) is 18.5. The first-order chi connectivity index (χ1) is 15.4. The molecule has 3 aromatic rings. The molecule has 0 aliphatic carbocycles. The third-order valence-corrected chi connectivity index (χ3v) is 6.41. The van der Waals surface area contributed by atoms with Crippen LogP contribution in [-0.2, 0) is 14.8 Å². The van der Waals surface area contributed by atoms with E-state index >= 15 is 0 Å². The van der Waals surface area contributed by atoms with Gasteiger partial charge in [-0.1, -0.05) is 18.2 Å². The lowest BCUT2D eigenvalue weighted by molar-refractivity contribution is 0.102. The predicted molar refractivity (Wildman–Crippen MR) is 121 cm³/mol. The Labute approximate surface area is 185 Å². The van der Waals surface area contributed by atoms with Gasteiger partial charge in [-0.2, -0.15) is 0 Å². The van der Waals surface area contributed by atoms with Gasteiger partial charge in [-0.25, -0.2) is 12.8 Å². The fraction of sp³-hybridized carbons (Fsp3) is 0.174. The molecular formula is C23H22FN3O4S. The predicted octanol–water partition coefficient (Wildman–Crippen LogP) is 3.72. The zero-order valence-electron chi connectivity index (χ0n) is 17.1.